The average Bonchev–Trinajstić information content (AvgIpc) is 2.45. The molecule has 0 aromatic carbocycles. The van der Waals surface area contributed by atoms with Gasteiger partial charge in [-0.1, -0.05) is 84.0 Å². The minimum absolute atomic E-state index is 0. The highest BCUT2D eigenvalue weighted by Crippen LogP contribution is 2.14. The first kappa shape index (κ1) is 26.7. The smallest absolute Gasteiger partial charge is 0.0540 e. The maximum absolute atomic E-state index is 9.85. The molecular formula is C18H44N2O2. The second kappa shape index (κ2) is 23.1. The van der Waals surface area contributed by atoms with E-state index in [1.54, 1.807) is 0 Å². The summed E-state index contributed by atoms with van der Waals surface area (Å²) in [6, 6.07) is 0. The van der Waals surface area contributed by atoms with E-state index in [4.69, 9.17) is 5.11 Å². The highest BCUT2D eigenvalue weighted by molar-refractivity contribution is 4.57. The largest absolute Gasteiger partial charge is 0.396 e. The quantitative estimate of drug-likeness (QED) is 0.280. The Morgan fingerprint density at radius 3 is 1.36 bits per heavy atom. The van der Waals surface area contributed by atoms with Gasteiger partial charge in [0.15, 0.2) is 0 Å². The molecule has 0 saturated heterocycles. The molecule has 8 N–H and O–H groups in total. The van der Waals surface area contributed by atoms with Gasteiger partial charge in [0.1, 0.15) is 0 Å². The van der Waals surface area contributed by atoms with E-state index >= 15 is 0 Å². The Labute approximate surface area is 139 Å². The lowest BCUT2D eigenvalue weighted by molar-refractivity contribution is 0.147. The van der Waals surface area contributed by atoms with Crippen LogP contribution in [0.4, 0.5) is 0 Å². The fourth-order valence-corrected chi connectivity index (χ4v) is 2.68. The Hall–Kier alpha value is -0.160. The normalized spacial score (nSPS) is 11.6. The summed E-state index contributed by atoms with van der Waals surface area (Å²) in [7, 11) is 0. The van der Waals surface area contributed by atoms with Gasteiger partial charge in [-0.25, -0.2) is 0 Å². The number of hydrogen-bond acceptors (Lipinski definition) is 4. The lowest BCUT2D eigenvalue weighted by Gasteiger charge is -2.10. The molecule has 0 bridgehead atoms. The first-order chi connectivity index (χ1) is 9.81. The molecule has 0 aliphatic rings. The number of rotatable bonds is 16. The van der Waals surface area contributed by atoms with Gasteiger partial charge in [0, 0.05) is 6.61 Å². The molecule has 0 heterocycles. The summed E-state index contributed by atoms with van der Waals surface area (Å²) in [6.07, 6.45) is 18.2. The van der Waals surface area contributed by atoms with Gasteiger partial charge in [-0.3, -0.25) is 0 Å². The Balaban J connectivity index is -0.00000180. The van der Waals surface area contributed by atoms with E-state index < -0.39 is 0 Å². The molecule has 0 aliphatic carbocycles. The molecule has 138 valence electrons. The predicted molar refractivity (Wildman–Crippen MR) is 98.1 cm³/mol. The predicted octanol–water partition coefficient (Wildman–Crippen LogP) is 5.54. The summed E-state index contributed by atoms with van der Waals surface area (Å²) in [5, 5.41) is 18.5. The third kappa shape index (κ3) is 22.1. The Kier molecular flexibility index (Phi) is 28.1. The van der Waals surface area contributed by atoms with Crippen molar-refractivity contribution in [1.82, 2.24) is 12.3 Å². The molecule has 0 aliphatic heterocycles. The molecule has 1 unspecified atom stereocenters. The fraction of sp³-hybridized carbons (Fsp3) is 1.00. The molecule has 1 atom stereocenters. The highest BCUT2D eigenvalue weighted by Gasteiger charge is 2.03. The zero-order valence-corrected chi connectivity index (χ0v) is 15.2. The van der Waals surface area contributed by atoms with Gasteiger partial charge in [0.2, 0.25) is 0 Å². The summed E-state index contributed by atoms with van der Waals surface area (Å²) in [5.41, 5.74) is 0. The van der Waals surface area contributed by atoms with Gasteiger partial charge in [-0.2, -0.15) is 0 Å². The van der Waals surface area contributed by atoms with Crippen LogP contribution in [-0.4, -0.2) is 22.9 Å². The minimum Gasteiger partial charge on any atom is -0.396 e. The first-order valence-corrected chi connectivity index (χ1v) is 9.10. The van der Waals surface area contributed by atoms with Crippen LogP contribution >= 0.6 is 0 Å². The summed E-state index contributed by atoms with van der Waals surface area (Å²) >= 11 is 0. The monoisotopic (exact) mass is 320 g/mol. The summed E-state index contributed by atoms with van der Waals surface area (Å²) < 4.78 is 0. The molecule has 0 fully saturated rings. The van der Waals surface area contributed by atoms with Crippen molar-refractivity contribution in [3.05, 3.63) is 0 Å². The average molecular weight is 321 g/mol. The Bertz CT molecular complexity index is 180. The van der Waals surface area contributed by atoms with Crippen LogP contribution in [-0.2, 0) is 0 Å². The molecule has 0 rings (SSSR count). The second-order valence-electron chi connectivity index (χ2n) is 6.20. The Morgan fingerprint density at radius 1 is 0.591 bits per heavy atom. The van der Waals surface area contributed by atoms with Crippen molar-refractivity contribution in [1.29, 1.82) is 0 Å². The topological polar surface area (TPSA) is 110 Å². The van der Waals surface area contributed by atoms with E-state index in [0.29, 0.717) is 6.61 Å². The van der Waals surface area contributed by atoms with Crippen molar-refractivity contribution >= 4 is 0 Å². The molecule has 0 spiro atoms. The number of aliphatic hydroxyl groups is 2. The van der Waals surface area contributed by atoms with Gasteiger partial charge >= 0.3 is 0 Å². The van der Waals surface area contributed by atoms with E-state index in [1.807, 2.05) is 0 Å². The minimum atomic E-state index is -0.0506. The molecule has 0 aromatic rings. The number of hydrogen-bond donors (Lipinski definition) is 4. The zero-order valence-electron chi connectivity index (χ0n) is 15.2. The lowest BCUT2D eigenvalue weighted by Crippen LogP contribution is -2.05. The molecule has 4 heteroatoms. The van der Waals surface area contributed by atoms with Crippen LogP contribution in [0.2, 0.25) is 0 Å². The third-order valence-electron chi connectivity index (χ3n) is 4.09. The zero-order chi connectivity index (χ0) is 14.9. The maximum atomic E-state index is 9.85. The van der Waals surface area contributed by atoms with E-state index in [2.05, 4.69) is 6.92 Å². The van der Waals surface area contributed by atoms with Gasteiger partial charge in [-0.15, -0.1) is 0 Å². The van der Waals surface area contributed by atoms with E-state index in [-0.39, 0.29) is 18.4 Å². The summed E-state index contributed by atoms with van der Waals surface area (Å²) in [6.45, 7) is 2.57. The van der Waals surface area contributed by atoms with Crippen LogP contribution in [0, 0.1) is 0 Å². The SMILES string of the molecule is CCCCCCC(O)CCCCCCCCCCCO.N.N. The molecule has 4 nitrogen and oxygen atoms in total. The second-order valence-corrected chi connectivity index (χ2v) is 6.20. The number of aliphatic hydroxyl groups excluding tert-OH is 2. The van der Waals surface area contributed by atoms with E-state index in [1.165, 1.54) is 77.0 Å². The summed E-state index contributed by atoms with van der Waals surface area (Å²) in [4.78, 5) is 0. The van der Waals surface area contributed by atoms with Crippen LogP contribution in [0.25, 0.3) is 0 Å². The van der Waals surface area contributed by atoms with Crippen molar-refractivity contribution in [2.75, 3.05) is 6.61 Å². The van der Waals surface area contributed by atoms with Gasteiger partial charge in [-0.05, 0) is 19.3 Å². The molecule has 22 heavy (non-hydrogen) atoms. The van der Waals surface area contributed by atoms with Gasteiger partial charge < -0.3 is 22.5 Å². The van der Waals surface area contributed by atoms with Crippen LogP contribution in [0.5, 0.6) is 0 Å². The van der Waals surface area contributed by atoms with E-state index in [9.17, 15) is 5.11 Å². The summed E-state index contributed by atoms with van der Waals surface area (Å²) in [5.74, 6) is 0. The molecular weight excluding hydrogens is 276 g/mol. The van der Waals surface area contributed by atoms with Gasteiger partial charge in [0.25, 0.3) is 0 Å². The van der Waals surface area contributed by atoms with Crippen LogP contribution in [0.1, 0.15) is 103 Å². The van der Waals surface area contributed by atoms with Crippen LogP contribution < -0.4 is 12.3 Å². The van der Waals surface area contributed by atoms with Crippen LogP contribution in [0.3, 0.4) is 0 Å². The lowest BCUT2D eigenvalue weighted by atomic mass is 10.0. The molecule has 0 saturated carbocycles. The Morgan fingerprint density at radius 2 is 0.955 bits per heavy atom. The molecule has 0 aromatic heterocycles. The van der Waals surface area contributed by atoms with Crippen molar-refractivity contribution < 1.29 is 10.2 Å². The molecule has 0 radical (unpaired) electrons. The standard InChI is InChI=1S/C18H38O2.2H3N/c1-2-3-4-12-15-18(20)16-13-10-8-6-5-7-9-11-14-17-19;;/h18-20H,2-17H2,1H3;2*1H3. The molecule has 0 amide bonds. The van der Waals surface area contributed by atoms with Crippen molar-refractivity contribution in [2.45, 2.75) is 109 Å². The number of unbranched alkanes of at least 4 members (excludes halogenated alkanes) is 11. The highest BCUT2D eigenvalue weighted by atomic mass is 16.3. The van der Waals surface area contributed by atoms with Crippen LogP contribution in [0.15, 0.2) is 0 Å². The third-order valence-corrected chi connectivity index (χ3v) is 4.09. The van der Waals surface area contributed by atoms with E-state index in [0.717, 1.165) is 19.3 Å². The maximum Gasteiger partial charge on any atom is 0.0540 e. The van der Waals surface area contributed by atoms with Crippen molar-refractivity contribution in [3.63, 3.8) is 0 Å². The first-order valence-electron chi connectivity index (χ1n) is 9.10. The van der Waals surface area contributed by atoms with Crippen molar-refractivity contribution in [2.24, 2.45) is 0 Å². The fourth-order valence-electron chi connectivity index (χ4n) is 2.68. The van der Waals surface area contributed by atoms with Gasteiger partial charge in [0.05, 0.1) is 6.10 Å². The van der Waals surface area contributed by atoms with Crippen molar-refractivity contribution in [3.8, 4) is 0 Å².